The van der Waals surface area contributed by atoms with Crippen molar-refractivity contribution in [1.29, 1.82) is 0 Å². The van der Waals surface area contributed by atoms with Gasteiger partial charge in [0.05, 0.1) is 0 Å². The molecule has 1 N–H and O–H groups in total. The summed E-state index contributed by atoms with van der Waals surface area (Å²) in [6, 6.07) is 6.70. The van der Waals surface area contributed by atoms with Gasteiger partial charge < -0.3 is 20.0 Å². The second-order valence-corrected chi connectivity index (χ2v) is 8.22. The van der Waals surface area contributed by atoms with E-state index in [4.69, 9.17) is 0 Å². The van der Waals surface area contributed by atoms with E-state index in [1.165, 1.54) is 16.8 Å². The molecule has 0 unspecified atom stereocenters. The van der Waals surface area contributed by atoms with E-state index < -0.39 is 0 Å². The molecule has 2 fully saturated rings. The van der Waals surface area contributed by atoms with Crippen LogP contribution in [0.2, 0.25) is 0 Å². The maximum Gasteiger partial charge on any atom is 0.317 e. The van der Waals surface area contributed by atoms with Gasteiger partial charge in [-0.25, -0.2) is 4.79 Å². The Morgan fingerprint density at radius 2 is 1.88 bits per heavy atom. The molecule has 0 bridgehead atoms. The molecule has 5 nitrogen and oxygen atoms in total. The predicted molar refractivity (Wildman–Crippen MR) is 103 cm³/mol. The second-order valence-electron chi connectivity index (χ2n) is 8.22. The van der Waals surface area contributed by atoms with Crippen molar-refractivity contribution in [2.24, 2.45) is 5.41 Å². The van der Waals surface area contributed by atoms with Crippen LogP contribution in [0.4, 0.5) is 10.5 Å². The number of urea groups is 1. The lowest BCUT2D eigenvalue weighted by Gasteiger charge is -2.37. The molecule has 2 heterocycles. The van der Waals surface area contributed by atoms with Crippen LogP contribution in [0.1, 0.15) is 24.5 Å². The summed E-state index contributed by atoms with van der Waals surface area (Å²) in [7, 11) is 2.15. The van der Waals surface area contributed by atoms with Crippen molar-refractivity contribution in [1.82, 2.24) is 15.1 Å². The van der Waals surface area contributed by atoms with Gasteiger partial charge in [0.15, 0.2) is 0 Å². The number of likely N-dealkylation sites (tertiary alicyclic amines) is 1. The first-order valence-corrected chi connectivity index (χ1v) is 9.40. The molecule has 0 saturated carbocycles. The predicted octanol–water partition coefficient (Wildman–Crippen LogP) is 2.48. The fourth-order valence-electron chi connectivity index (χ4n) is 4.13. The third-order valence-corrected chi connectivity index (χ3v) is 5.67. The normalized spacial score (nSPS) is 24.6. The van der Waals surface area contributed by atoms with Gasteiger partial charge in [0.25, 0.3) is 0 Å². The summed E-state index contributed by atoms with van der Waals surface area (Å²) >= 11 is 0. The van der Waals surface area contributed by atoms with Gasteiger partial charge in [-0.15, -0.1) is 0 Å². The molecule has 2 aliphatic rings. The number of rotatable bonds is 3. The Morgan fingerprint density at radius 1 is 1.16 bits per heavy atom. The van der Waals surface area contributed by atoms with E-state index in [9.17, 15) is 4.79 Å². The van der Waals surface area contributed by atoms with Crippen molar-refractivity contribution in [2.75, 3.05) is 57.8 Å². The molecule has 25 heavy (non-hydrogen) atoms. The zero-order chi connectivity index (χ0) is 18.0. The first-order valence-electron chi connectivity index (χ1n) is 9.40. The molecule has 138 valence electrons. The lowest BCUT2D eigenvalue weighted by atomic mass is 9.90. The number of hydrogen-bond acceptors (Lipinski definition) is 3. The SMILES string of the molecule is Cc1ccc(N2CCN(C(=O)NC[C@@]3(C)CCN(C)C3)CC2)c(C)c1. The average molecular weight is 345 g/mol. The molecule has 2 aliphatic heterocycles. The Balaban J connectivity index is 1.49. The molecule has 2 amide bonds. The number of piperazine rings is 1. The lowest BCUT2D eigenvalue weighted by Crippen LogP contribution is -2.53. The van der Waals surface area contributed by atoms with Crippen LogP contribution >= 0.6 is 0 Å². The van der Waals surface area contributed by atoms with Crippen molar-refractivity contribution in [3.05, 3.63) is 29.3 Å². The molecule has 1 aromatic rings. The van der Waals surface area contributed by atoms with E-state index in [2.05, 4.69) is 61.1 Å². The molecule has 5 heteroatoms. The number of nitrogens with one attached hydrogen (secondary N) is 1. The van der Waals surface area contributed by atoms with Crippen LogP contribution in [0.25, 0.3) is 0 Å². The topological polar surface area (TPSA) is 38.8 Å². The Labute approximate surface area is 152 Å². The van der Waals surface area contributed by atoms with Crippen LogP contribution in [0.3, 0.4) is 0 Å². The first kappa shape index (κ1) is 18.1. The van der Waals surface area contributed by atoms with Crippen LogP contribution in [-0.2, 0) is 0 Å². The first-order chi connectivity index (χ1) is 11.9. The highest BCUT2D eigenvalue weighted by molar-refractivity contribution is 5.74. The fraction of sp³-hybridized carbons (Fsp3) is 0.650. The number of carbonyl (C=O) groups excluding carboxylic acids is 1. The van der Waals surface area contributed by atoms with Crippen molar-refractivity contribution in [3.8, 4) is 0 Å². The zero-order valence-electron chi connectivity index (χ0n) is 16.1. The van der Waals surface area contributed by atoms with Crippen LogP contribution in [0.15, 0.2) is 18.2 Å². The molecule has 0 spiro atoms. The Kier molecular flexibility index (Phi) is 5.23. The van der Waals surface area contributed by atoms with E-state index in [1.807, 2.05) is 4.90 Å². The minimum absolute atomic E-state index is 0.0936. The molecule has 0 radical (unpaired) electrons. The van der Waals surface area contributed by atoms with Crippen molar-refractivity contribution in [3.63, 3.8) is 0 Å². The van der Waals surface area contributed by atoms with E-state index in [0.717, 1.165) is 52.2 Å². The highest BCUT2D eigenvalue weighted by Crippen LogP contribution is 2.28. The van der Waals surface area contributed by atoms with Crippen molar-refractivity contribution in [2.45, 2.75) is 27.2 Å². The number of nitrogens with zero attached hydrogens (tertiary/aromatic N) is 3. The van der Waals surface area contributed by atoms with E-state index in [1.54, 1.807) is 0 Å². The minimum Gasteiger partial charge on any atom is -0.368 e. The summed E-state index contributed by atoms with van der Waals surface area (Å²) in [5.41, 5.74) is 4.12. The summed E-state index contributed by atoms with van der Waals surface area (Å²) in [5, 5.41) is 3.17. The van der Waals surface area contributed by atoms with Crippen LogP contribution in [0.5, 0.6) is 0 Å². The standard InChI is InChI=1S/C20H32N4O/c1-16-5-6-18(17(2)13-16)23-9-11-24(12-10-23)19(25)21-14-20(3)7-8-22(4)15-20/h5-6,13H,7-12,14-15H2,1-4H3,(H,21,25)/t20-/m1/s1. The van der Waals surface area contributed by atoms with Crippen LogP contribution in [-0.4, -0.2) is 68.7 Å². The summed E-state index contributed by atoms with van der Waals surface area (Å²) in [5.74, 6) is 0. The average Bonchev–Trinajstić information content (AvgIpc) is 2.92. The van der Waals surface area contributed by atoms with Crippen LogP contribution in [0, 0.1) is 19.3 Å². The second kappa shape index (κ2) is 7.24. The fourth-order valence-corrected chi connectivity index (χ4v) is 4.13. The van der Waals surface area contributed by atoms with Crippen LogP contribution < -0.4 is 10.2 Å². The highest BCUT2D eigenvalue weighted by Gasteiger charge is 2.33. The Morgan fingerprint density at radius 3 is 2.48 bits per heavy atom. The van der Waals surface area contributed by atoms with Gasteiger partial charge in [0, 0.05) is 45.0 Å². The minimum atomic E-state index is 0.0936. The summed E-state index contributed by atoms with van der Waals surface area (Å²) in [6.07, 6.45) is 1.16. The Bertz CT molecular complexity index is 624. The van der Waals surface area contributed by atoms with Crippen molar-refractivity contribution >= 4 is 11.7 Å². The van der Waals surface area contributed by atoms with E-state index >= 15 is 0 Å². The molecule has 0 aromatic heterocycles. The lowest BCUT2D eigenvalue weighted by molar-refractivity contribution is 0.187. The molecule has 3 rings (SSSR count). The number of aryl methyl sites for hydroxylation is 2. The monoisotopic (exact) mass is 344 g/mol. The molecular formula is C20H32N4O. The number of hydrogen-bond donors (Lipinski definition) is 1. The quantitative estimate of drug-likeness (QED) is 0.916. The highest BCUT2D eigenvalue weighted by atomic mass is 16.2. The van der Waals surface area contributed by atoms with Crippen molar-refractivity contribution < 1.29 is 4.79 Å². The van der Waals surface area contributed by atoms with E-state index in [-0.39, 0.29) is 11.4 Å². The molecule has 1 atom stereocenters. The molecule has 0 aliphatic carbocycles. The number of anilines is 1. The Hall–Kier alpha value is -1.75. The van der Waals surface area contributed by atoms with Gasteiger partial charge in [-0.05, 0) is 50.9 Å². The molecular weight excluding hydrogens is 312 g/mol. The number of benzene rings is 1. The van der Waals surface area contributed by atoms with Gasteiger partial charge >= 0.3 is 6.03 Å². The smallest absolute Gasteiger partial charge is 0.317 e. The summed E-state index contributed by atoms with van der Waals surface area (Å²) < 4.78 is 0. The molecule has 2 saturated heterocycles. The van der Waals surface area contributed by atoms with Gasteiger partial charge in [-0.3, -0.25) is 0 Å². The third kappa shape index (κ3) is 4.27. The molecule has 1 aromatic carbocycles. The third-order valence-electron chi connectivity index (χ3n) is 5.67. The zero-order valence-corrected chi connectivity index (χ0v) is 16.1. The van der Waals surface area contributed by atoms with Gasteiger partial charge in [-0.2, -0.15) is 0 Å². The number of amides is 2. The maximum absolute atomic E-state index is 12.5. The largest absolute Gasteiger partial charge is 0.368 e. The van der Waals surface area contributed by atoms with Gasteiger partial charge in [0.2, 0.25) is 0 Å². The maximum atomic E-state index is 12.5. The van der Waals surface area contributed by atoms with Gasteiger partial charge in [0.1, 0.15) is 0 Å². The van der Waals surface area contributed by atoms with E-state index in [0.29, 0.717) is 0 Å². The summed E-state index contributed by atoms with van der Waals surface area (Å²) in [6.45, 7) is 12.9. The van der Waals surface area contributed by atoms with Gasteiger partial charge in [-0.1, -0.05) is 24.6 Å². The summed E-state index contributed by atoms with van der Waals surface area (Å²) in [4.78, 5) is 19.2. The number of carbonyl (C=O) groups is 1.